The highest BCUT2D eigenvalue weighted by Gasteiger charge is 2.35. The Kier molecular flexibility index (Phi) is 3.87. The molecule has 2 fully saturated rings. The number of aromatic nitrogens is 1. The first-order valence-corrected chi connectivity index (χ1v) is 7.59. The minimum atomic E-state index is -0.977. The van der Waals surface area contributed by atoms with Crippen molar-refractivity contribution in [3.63, 3.8) is 0 Å². The number of likely N-dealkylation sites (tertiary alicyclic amines) is 2. The lowest BCUT2D eigenvalue weighted by Gasteiger charge is -2.20. The second-order valence-corrected chi connectivity index (χ2v) is 5.80. The van der Waals surface area contributed by atoms with Gasteiger partial charge in [0.25, 0.3) is 11.8 Å². The number of hydrogen-bond donors (Lipinski definition) is 2. The number of nitrogens with one attached hydrogen (secondary N) is 1. The zero-order valence-electron chi connectivity index (χ0n) is 12.2. The molecule has 2 amide bonds. The van der Waals surface area contributed by atoms with Crippen LogP contribution in [0.4, 0.5) is 0 Å². The Morgan fingerprint density at radius 3 is 2.50 bits per heavy atom. The van der Waals surface area contributed by atoms with E-state index in [0.29, 0.717) is 30.6 Å². The van der Waals surface area contributed by atoms with Gasteiger partial charge in [-0.2, -0.15) is 0 Å². The third-order valence-corrected chi connectivity index (χ3v) is 4.35. The molecule has 0 radical (unpaired) electrons. The zero-order chi connectivity index (χ0) is 15.7. The highest BCUT2D eigenvalue weighted by molar-refractivity contribution is 6.00. The number of carboxylic acid groups (broad SMARTS) is 1. The molecule has 0 bridgehead atoms. The van der Waals surface area contributed by atoms with Crippen LogP contribution in [0.2, 0.25) is 0 Å². The highest BCUT2D eigenvalue weighted by Crippen LogP contribution is 2.21. The minimum absolute atomic E-state index is 0.104. The highest BCUT2D eigenvalue weighted by atomic mass is 16.4. The van der Waals surface area contributed by atoms with Crippen molar-refractivity contribution in [1.82, 2.24) is 14.8 Å². The Labute approximate surface area is 127 Å². The number of carbonyl (C=O) groups excluding carboxylic acids is 2. The molecule has 0 spiro atoms. The molecule has 3 rings (SSSR count). The summed E-state index contributed by atoms with van der Waals surface area (Å²) in [5, 5.41) is 9.15. The summed E-state index contributed by atoms with van der Waals surface area (Å²) in [7, 11) is 0. The molecule has 0 aliphatic carbocycles. The van der Waals surface area contributed by atoms with Gasteiger partial charge < -0.3 is 19.9 Å². The van der Waals surface area contributed by atoms with Gasteiger partial charge in [-0.1, -0.05) is 0 Å². The summed E-state index contributed by atoms with van der Waals surface area (Å²) in [6.07, 6.45) is 4.67. The smallest absolute Gasteiger partial charge is 0.326 e. The largest absolute Gasteiger partial charge is 0.480 e. The van der Waals surface area contributed by atoms with Crippen LogP contribution in [0, 0.1) is 0 Å². The van der Waals surface area contributed by atoms with E-state index in [9.17, 15) is 14.4 Å². The first-order chi connectivity index (χ1) is 10.6. The third-order valence-electron chi connectivity index (χ3n) is 4.35. The number of rotatable bonds is 3. The van der Waals surface area contributed by atoms with Gasteiger partial charge in [-0.25, -0.2) is 4.79 Å². The minimum Gasteiger partial charge on any atom is -0.480 e. The van der Waals surface area contributed by atoms with Crippen LogP contribution in [0.1, 0.15) is 46.5 Å². The van der Waals surface area contributed by atoms with Gasteiger partial charge in [0.2, 0.25) is 0 Å². The average molecular weight is 305 g/mol. The van der Waals surface area contributed by atoms with E-state index in [1.165, 1.54) is 17.2 Å². The van der Waals surface area contributed by atoms with Crippen molar-refractivity contribution in [3.05, 3.63) is 23.5 Å². The van der Waals surface area contributed by atoms with E-state index in [0.717, 1.165) is 25.9 Å². The normalized spacial score (nSPS) is 21.4. The summed E-state index contributed by atoms with van der Waals surface area (Å²) in [5.41, 5.74) is 0.729. The van der Waals surface area contributed by atoms with Crippen LogP contribution >= 0.6 is 0 Å². The van der Waals surface area contributed by atoms with Crippen molar-refractivity contribution in [2.75, 3.05) is 19.6 Å². The number of carboxylic acids is 1. The van der Waals surface area contributed by atoms with Gasteiger partial charge in [-0.15, -0.1) is 0 Å². The van der Waals surface area contributed by atoms with Gasteiger partial charge >= 0.3 is 5.97 Å². The standard InChI is InChI=1S/C15H19N3O4/c19-13(18-7-3-4-12(18)15(21)22)10-8-11(16-9-10)14(20)17-5-1-2-6-17/h8-9,12,16H,1-7H2,(H,21,22)/t12-/m1/s1. The Balaban J connectivity index is 1.74. The van der Waals surface area contributed by atoms with Gasteiger partial charge in [0.05, 0.1) is 5.56 Å². The molecule has 118 valence electrons. The molecule has 2 N–H and O–H groups in total. The van der Waals surface area contributed by atoms with Crippen molar-refractivity contribution >= 4 is 17.8 Å². The van der Waals surface area contributed by atoms with Crippen molar-refractivity contribution in [2.45, 2.75) is 31.7 Å². The average Bonchev–Trinajstić information content (AvgIpc) is 3.25. The predicted octanol–water partition coefficient (Wildman–Crippen LogP) is 0.940. The molecule has 7 heteroatoms. The van der Waals surface area contributed by atoms with E-state index in [1.807, 2.05) is 0 Å². The maximum Gasteiger partial charge on any atom is 0.326 e. The van der Waals surface area contributed by atoms with Crippen molar-refractivity contribution < 1.29 is 19.5 Å². The van der Waals surface area contributed by atoms with Crippen molar-refractivity contribution in [2.24, 2.45) is 0 Å². The number of H-pyrrole nitrogens is 1. The van der Waals surface area contributed by atoms with Crippen LogP contribution in [-0.4, -0.2) is 63.4 Å². The monoisotopic (exact) mass is 305 g/mol. The lowest BCUT2D eigenvalue weighted by molar-refractivity contribution is -0.141. The first kappa shape index (κ1) is 14.6. The molecule has 0 aromatic carbocycles. The SMILES string of the molecule is O=C(O)[C@H]1CCCN1C(=O)c1c[nH]c(C(=O)N2CCCC2)c1. The molecular formula is C15H19N3O4. The van der Waals surface area contributed by atoms with Crippen LogP contribution in [0.5, 0.6) is 0 Å². The molecule has 7 nitrogen and oxygen atoms in total. The van der Waals surface area contributed by atoms with E-state index >= 15 is 0 Å². The Morgan fingerprint density at radius 1 is 1.09 bits per heavy atom. The molecule has 2 saturated heterocycles. The Morgan fingerprint density at radius 2 is 1.82 bits per heavy atom. The summed E-state index contributed by atoms with van der Waals surface area (Å²) in [6, 6.07) is 0.764. The summed E-state index contributed by atoms with van der Waals surface area (Å²) in [4.78, 5) is 41.8. The van der Waals surface area contributed by atoms with Gasteiger partial charge in [0, 0.05) is 25.8 Å². The number of nitrogens with zero attached hydrogens (tertiary/aromatic N) is 2. The van der Waals surface area contributed by atoms with Crippen molar-refractivity contribution in [3.8, 4) is 0 Å². The molecule has 2 aliphatic rings. The van der Waals surface area contributed by atoms with Gasteiger partial charge in [0.15, 0.2) is 0 Å². The second kappa shape index (κ2) is 5.82. The third kappa shape index (κ3) is 2.58. The summed E-state index contributed by atoms with van der Waals surface area (Å²) < 4.78 is 0. The van der Waals surface area contributed by atoms with Crippen LogP contribution in [-0.2, 0) is 4.79 Å². The van der Waals surface area contributed by atoms with Crippen LogP contribution in [0.25, 0.3) is 0 Å². The summed E-state index contributed by atoms with van der Waals surface area (Å²) in [5.74, 6) is -1.41. The van der Waals surface area contributed by atoms with Gasteiger partial charge in [-0.05, 0) is 31.7 Å². The zero-order valence-corrected chi connectivity index (χ0v) is 12.2. The van der Waals surface area contributed by atoms with E-state index < -0.39 is 12.0 Å². The molecule has 1 aromatic rings. The Bertz CT molecular complexity index is 604. The number of aromatic amines is 1. The fourth-order valence-electron chi connectivity index (χ4n) is 3.16. The maximum atomic E-state index is 12.4. The van der Waals surface area contributed by atoms with Crippen molar-refractivity contribution in [1.29, 1.82) is 0 Å². The first-order valence-electron chi connectivity index (χ1n) is 7.59. The fourth-order valence-corrected chi connectivity index (χ4v) is 3.16. The summed E-state index contributed by atoms with van der Waals surface area (Å²) >= 11 is 0. The van der Waals surface area contributed by atoms with Crippen LogP contribution in [0.3, 0.4) is 0 Å². The van der Waals surface area contributed by atoms with E-state index in [1.54, 1.807) is 4.90 Å². The fraction of sp³-hybridized carbons (Fsp3) is 0.533. The quantitative estimate of drug-likeness (QED) is 0.869. The molecular weight excluding hydrogens is 286 g/mol. The topological polar surface area (TPSA) is 93.7 Å². The lowest BCUT2D eigenvalue weighted by atomic mass is 10.2. The molecule has 2 aliphatic heterocycles. The summed E-state index contributed by atoms with van der Waals surface area (Å²) in [6.45, 7) is 1.93. The maximum absolute atomic E-state index is 12.4. The number of hydrogen-bond acceptors (Lipinski definition) is 3. The molecule has 0 unspecified atom stereocenters. The molecule has 3 heterocycles. The van der Waals surface area contributed by atoms with Crippen LogP contribution in [0.15, 0.2) is 12.3 Å². The van der Waals surface area contributed by atoms with Gasteiger partial charge in [-0.3, -0.25) is 9.59 Å². The van der Waals surface area contributed by atoms with Crippen LogP contribution < -0.4 is 0 Å². The Hall–Kier alpha value is -2.31. The van der Waals surface area contributed by atoms with E-state index in [2.05, 4.69) is 4.98 Å². The second-order valence-electron chi connectivity index (χ2n) is 5.80. The molecule has 22 heavy (non-hydrogen) atoms. The van der Waals surface area contributed by atoms with E-state index in [-0.39, 0.29) is 11.8 Å². The van der Waals surface area contributed by atoms with E-state index in [4.69, 9.17) is 5.11 Å². The number of aliphatic carboxylic acids is 1. The van der Waals surface area contributed by atoms with Gasteiger partial charge in [0.1, 0.15) is 11.7 Å². The molecule has 1 aromatic heterocycles. The lowest BCUT2D eigenvalue weighted by Crippen LogP contribution is -2.40. The molecule has 1 atom stereocenters. The number of carbonyl (C=O) groups is 3. The molecule has 0 saturated carbocycles. The number of amides is 2. The predicted molar refractivity (Wildman–Crippen MR) is 77.6 cm³/mol.